The van der Waals surface area contributed by atoms with Gasteiger partial charge >= 0.3 is 0 Å². The summed E-state index contributed by atoms with van der Waals surface area (Å²) in [5.74, 6) is -2.39. The molecule has 2 atom stereocenters. The van der Waals surface area contributed by atoms with E-state index in [1.54, 1.807) is 36.4 Å². The quantitative estimate of drug-likeness (QED) is 0.487. The SMILES string of the molecule is Cc1ccc(C(O)=C2C(=O)C(=O)N(CC3CCCO3)C2c2ccccc2F)cc1. The fraction of sp³-hybridized carbons (Fsp3) is 0.304. The molecule has 0 spiro atoms. The maximum absolute atomic E-state index is 14.7. The third-order valence-corrected chi connectivity index (χ3v) is 5.49. The van der Waals surface area contributed by atoms with Crippen molar-refractivity contribution in [2.24, 2.45) is 0 Å². The predicted octanol–water partition coefficient (Wildman–Crippen LogP) is 3.73. The van der Waals surface area contributed by atoms with Crippen molar-refractivity contribution in [1.82, 2.24) is 4.90 Å². The molecule has 0 bridgehead atoms. The minimum absolute atomic E-state index is 0.0954. The third-order valence-electron chi connectivity index (χ3n) is 5.49. The summed E-state index contributed by atoms with van der Waals surface area (Å²) in [6.45, 7) is 2.68. The van der Waals surface area contributed by atoms with Crippen molar-refractivity contribution >= 4 is 17.4 Å². The predicted molar refractivity (Wildman–Crippen MR) is 106 cm³/mol. The molecule has 1 N–H and O–H groups in total. The summed E-state index contributed by atoms with van der Waals surface area (Å²) in [6, 6.07) is 12.0. The van der Waals surface area contributed by atoms with Crippen LogP contribution in [0.4, 0.5) is 4.39 Å². The molecule has 2 fully saturated rings. The summed E-state index contributed by atoms with van der Waals surface area (Å²) in [5.41, 5.74) is 1.48. The molecule has 1 amide bonds. The topological polar surface area (TPSA) is 66.8 Å². The Balaban J connectivity index is 1.84. The zero-order valence-corrected chi connectivity index (χ0v) is 16.1. The summed E-state index contributed by atoms with van der Waals surface area (Å²) in [6.07, 6.45) is 1.44. The average Bonchev–Trinajstić information content (AvgIpc) is 3.31. The number of carbonyl (C=O) groups excluding carboxylic acids is 2. The molecule has 150 valence electrons. The number of ether oxygens (including phenoxy) is 1. The Bertz CT molecular complexity index is 977. The Hall–Kier alpha value is -2.99. The minimum atomic E-state index is -0.998. The second-order valence-corrected chi connectivity index (χ2v) is 7.47. The molecular formula is C23H22FNO4. The van der Waals surface area contributed by atoms with E-state index < -0.39 is 23.5 Å². The molecular weight excluding hydrogens is 373 g/mol. The van der Waals surface area contributed by atoms with Gasteiger partial charge in [-0.1, -0.05) is 48.0 Å². The Morgan fingerprint density at radius 1 is 1.17 bits per heavy atom. The van der Waals surface area contributed by atoms with Gasteiger partial charge in [-0.2, -0.15) is 0 Å². The molecule has 2 unspecified atom stereocenters. The van der Waals surface area contributed by atoms with Crippen molar-refractivity contribution in [1.29, 1.82) is 0 Å². The lowest BCUT2D eigenvalue weighted by Crippen LogP contribution is -2.36. The Morgan fingerprint density at radius 3 is 2.55 bits per heavy atom. The highest BCUT2D eigenvalue weighted by Gasteiger charge is 2.47. The molecule has 29 heavy (non-hydrogen) atoms. The zero-order valence-electron chi connectivity index (χ0n) is 16.1. The van der Waals surface area contributed by atoms with Crippen molar-refractivity contribution in [2.45, 2.75) is 31.9 Å². The van der Waals surface area contributed by atoms with Gasteiger partial charge < -0.3 is 14.7 Å². The van der Waals surface area contributed by atoms with Crippen molar-refractivity contribution < 1.29 is 23.8 Å². The first-order chi connectivity index (χ1) is 14.0. The number of Topliss-reactive ketones (excluding diaryl/α,β-unsaturated/α-hetero) is 1. The largest absolute Gasteiger partial charge is 0.507 e. The number of benzene rings is 2. The van der Waals surface area contributed by atoms with Crippen LogP contribution in [-0.2, 0) is 14.3 Å². The van der Waals surface area contributed by atoms with E-state index in [4.69, 9.17) is 4.74 Å². The van der Waals surface area contributed by atoms with Crippen molar-refractivity contribution in [3.63, 3.8) is 0 Å². The number of rotatable bonds is 4. The summed E-state index contributed by atoms with van der Waals surface area (Å²) in [4.78, 5) is 27.1. The van der Waals surface area contributed by atoms with E-state index in [1.165, 1.54) is 17.0 Å². The lowest BCUT2D eigenvalue weighted by atomic mass is 9.94. The maximum atomic E-state index is 14.7. The number of aryl methyl sites for hydroxylation is 1. The van der Waals surface area contributed by atoms with Gasteiger partial charge in [0.15, 0.2) is 0 Å². The van der Waals surface area contributed by atoms with Crippen LogP contribution in [0.15, 0.2) is 54.1 Å². The first-order valence-corrected chi connectivity index (χ1v) is 9.69. The van der Waals surface area contributed by atoms with Crippen molar-refractivity contribution in [2.75, 3.05) is 13.2 Å². The molecule has 0 aliphatic carbocycles. The number of halogens is 1. The van der Waals surface area contributed by atoms with Gasteiger partial charge in [0.25, 0.3) is 11.7 Å². The Morgan fingerprint density at radius 2 is 1.90 bits per heavy atom. The van der Waals surface area contributed by atoms with E-state index >= 15 is 0 Å². The average molecular weight is 395 g/mol. The maximum Gasteiger partial charge on any atom is 0.295 e. The minimum Gasteiger partial charge on any atom is -0.507 e. The molecule has 2 aromatic carbocycles. The molecule has 2 aliphatic rings. The van der Waals surface area contributed by atoms with Crippen LogP contribution in [0.3, 0.4) is 0 Å². The van der Waals surface area contributed by atoms with E-state index in [9.17, 15) is 19.1 Å². The van der Waals surface area contributed by atoms with Crippen LogP contribution in [0.1, 0.15) is 35.6 Å². The summed E-state index contributed by atoms with van der Waals surface area (Å²) < 4.78 is 20.3. The van der Waals surface area contributed by atoms with Crippen molar-refractivity contribution in [3.8, 4) is 0 Å². The van der Waals surface area contributed by atoms with E-state index in [2.05, 4.69) is 0 Å². The molecule has 4 rings (SSSR count). The second-order valence-electron chi connectivity index (χ2n) is 7.47. The van der Waals surface area contributed by atoms with Gasteiger partial charge in [-0.3, -0.25) is 9.59 Å². The van der Waals surface area contributed by atoms with Gasteiger partial charge in [0, 0.05) is 24.3 Å². The van der Waals surface area contributed by atoms with Crippen LogP contribution in [-0.4, -0.2) is 41.0 Å². The number of nitrogens with zero attached hydrogens (tertiary/aromatic N) is 1. The van der Waals surface area contributed by atoms with Gasteiger partial charge in [-0.25, -0.2) is 4.39 Å². The molecule has 2 aromatic rings. The first kappa shape index (κ1) is 19.3. The van der Waals surface area contributed by atoms with E-state index in [0.717, 1.165) is 18.4 Å². The van der Waals surface area contributed by atoms with Crippen LogP contribution >= 0.6 is 0 Å². The van der Waals surface area contributed by atoms with E-state index in [-0.39, 0.29) is 29.5 Å². The lowest BCUT2D eigenvalue weighted by Gasteiger charge is -2.27. The number of aliphatic hydroxyl groups is 1. The fourth-order valence-corrected chi connectivity index (χ4v) is 3.96. The highest BCUT2D eigenvalue weighted by atomic mass is 19.1. The van der Waals surface area contributed by atoms with Gasteiger partial charge in [0.1, 0.15) is 11.6 Å². The number of likely N-dealkylation sites (tertiary alicyclic amines) is 1. The van der Waals surface area contributed by atoms with E-state index in [0.29, 0.717) is 12.2 Å². The molecule has 0 saturated carbocycles. The molecule has 2 saturated heterocycles. The Kier molecular flexibility index (Phi) is 5.20. The number of hydrogen-bond acceptors (Lipinski definition) is 4. The third kappa shape index (κ3) is 3.56. The number of aliphatic hydroxyl groups excluding tert-OH is 1. The number of amides is 1. The monoisotopic (exact) mass is 395 g/mol. The normalized spacial score (nSPS) is 23.7. The highest BCUT2D eigenvalue weighted by Crippen LogP contribution is 2.40. The number of ketones is 1. The molecule has 2 aliphatic heterocycles. The fourth-order valence-electron chi connectivity index (χ4n) is 3.96. The van der Waals surface area contributed by atoms with Crippen LogP contribution in [0.25, 0.3) is 5.76 Å². The summed E-state index contributed by atoms with van der Waals surface area (Å²) in [7, 11) is 0. The molecule has 0 aromatic heterocycles. The number of hydrogen-bond donors (Lipinski definition) is 1. The molecule has 0 radical (unpaired) electrons. The standard InChI is InChI=1S/C23H22FNO4/c1-14-8-10-15(11-9-14)21(26)19-20(17-6-2-3-7-18(17)24)25(23(28)22(19)27)13-16-5-4-12-29-16/h2-3,6-11,16,20,26H,4-5,12-13H2,1H3. The van der Waals surface area contributed by atoms with Crippen molar-refractivity contribution in [3.05, 3.63) is 76.6 Å². The highest BCUT2D eigenvalue weighted by molar-refractivity contribution is 6.46. The molecule has 2 heterocycles. The summed E-state index contributed by atoms with van der Waals surface area (Å²) >= 11 is 0. The van der Waals surface area contributed by atoms with E-state index in [1.807, 2.05) is 6.92 Å². The van der Waals surface area contributed by atoms with Crippen LogP contribution in [0.5, 0.6) is 0 Å². The number of carbonyl (C=O) groups is 2. The van der Waals surface area contributed by atoms with Gasteiger partial charge in [0.05, 0.1) is 17.7 Å². The van der Waals surface area contributed by atoms with Gasteiger partial charge in [0.2, 0.25) is 0 Å². The molecule has 5 nitrogen and oxygen atoms in total. The van der Waals surface area contributed by atoms with Crippen LogP contribution in [0, 0.1) is 12.7 Å². The lowest BCUT2D eigenvalue weighted by molar-refractivity contribution is -0.140. The molecule has 6 heteroatoms. The summed E-state index contributed by atoms with van der Waals surface area (Å²) in [5, 5.41) is 10.9. The van der Waals surface area contributed by atoms with Gasteiger partial charge in [-0.15, -0.1) is 0 Å². The van der Waals surface area contributed by atoms with Crippen LogP contribution in [0.2, 0.25) is 0 Å². The van der Waals surface area contributed by atoms with Crippen LogP contribution < -0.4 is 0 Å². The zero-order chi connectivity index (χ0) is 20.5. The Labute approximate surface area is 168 Å². The second kappa shape index (κ2) is 7.79. The van der Waals surface area contributed by atoms with Gasteiger partial charge in [-0.05, 0) is 25.8 Å². The smallest absolute Gasteiger partial charge is 0.295 e. The first-order valence-electron chi connectivity index (χ1n) is 9.69.